The summed E-state index contributed by atoms with van der Waals surface area (Å²) in [5.41, 5.74) is 1.44. The van der Waals surface area contributed by atoms with E-state index in [1.807, 2.05) is 24.3 Å². The summed E-state index contributed by atoms with van der Waals surface area (Å²) in [5, 5.41) is 4.85. The average Bonchev–Trinajstić information content (AvgIpc) is 3.19. The largest absolute Gasteiger partial charge is 0.443 e. The van der Waals surface area contributed by atoms with E-state index in [0.717, 1.165) is 30.6 Å². The topological polar surface area (TPSA) is 81.2 Å². The number of piperidine rings is 1. The van der Waals surface area contributed by atoms with Gasteiger partial charge in [0.2, 0.25) is 11.8 Å². The number of carbonyl (C=O) groups is 1. The van der Waals surface area contributed by atoms with Crippen LogP contribution in [0.1, 0.15) is 48.2 Å². The Balaban J connectivity index is 1.51. The van der Waals surface area contributed by atoms with E-state index in [2.05, 4.69) is 10.1 Å². The Morgan fingerprint density at radius 3 is 2.97 bits per heavy atom. The number of benzene rings is 1. The number of carbonyl (C=O) groups excluding carboxylic acids is 1. The van der Waals surface area contributed by atoms with Crippen molar-refractivity contribution in [3.63, 3.8) is 0 Å². The Bertz CT molecular complexity index is 1110. The molecule has 1 aliphatic rings. The van der Waals surface area contributed by atoms with E-state index >= 15 is 0 Å². The fraction of sp³-hybridized carbons (Fsp3) is 0.364. The van der Waals surface area contributed by atoms with Crippen LogP contribution in [0, 0.1) is 6.92 Å². The molecule has 7 nitrogen and oxygen atoms in total. The molecule has 0 spiro atoms. The van der Waals surface area contributed by atoms with Crippen molar-refractivity contribution in [1.29, 1.82) is 0 Å². The second kappa shape index (κ2) is 8.83. The van der Waals surface area contributed by atoms with Crippen LogP contribution in [0.2, 0.25) is 5.02 Å². The molecule has 1 amide bonds. The molecule has 1 fully saturated rings. The summed E-state index contributed by atoms with van der Waals surface area (Å²) in [6.45, 7) is 2.31. The highest BCUT2D eigenvalue weighted by Crippen LogP contribution is 2.31. The number of nitrogens with zero attached hydrogens (tertiary/aromatic N) is 4. The highest BCUT2D eigenvalue weighted by atomic mass is 35.5. The summed E-state index contributed by atoms with van der Waals surface area (Å²) >= 11 is 6.06. The molecule has 0 N–H and O–H groups in total. The lowest BCUT2D eigenvalue weighted by Crippen LogP contribution is -2.42. The smallest absolute Gasteiger partial charge is 0.267 e. The standard InChI is InChI=1S/C22H23ClN4O3/c1-15-8-9-20(28)27(25-15)14-21(29)26-10-3-2-7-19(26)22-24-13-18(30-22)12-16-5-4-6-17(23)11-16/h4-6,8-9,11,13,19H,2-3,7,10,12,14H2,1H3. The van der Waals surface area contributed by atoms with Gasteiger partial charge in [-0.25, -0.2) is 9.67 Å². The van der Waals surface area contributed by atoms with Gasteiger partial charge in [0.25, 0.3) is 5.56 Å². The molecule has 1 unspecified atom stereocenters. The second-order valence-corrected chi connectivity index (χ2v) is 7.98. The predicted octanol–water partition coefficient (Wildman–Crippen LogP) is 3.54. The quantitative estimate of drug-likeness (QED) is 0.623. The van der Waals surface area contributed by atoms with Gasteiger partial charge < -0.3 is 9.32 Å². The summed E-state index contributed by atoms with van der Waals surface area (Å²) in [5.74, 6) is 1.10. The number of aryl methyl sites for hydroxylation is 1. The van der Waals surface area contributed by atoms with Crippen LogP contribution in [0.5, 0.6) is 0 Å². The third kappa shape index (κ3) is 4.62. The number of oxazole rings is 1. The van der Waals surface area contributed by atoms with E-state index in [1.165, 1.54) is 10.7 Å². The molecule has 1 atom stereocenters. The molecule has 3 heterocycles. The number of halogens is 1. The molecule has 30 heavy (non-hydrogen) atoms. The van der Waals surface area contributed by atoms with Crippen molar-refractivity contribution in [3.05, 3.63) is 80.9 Å². The van der Waals surface area contributed by atoms with E-state index in [1.54, 1.807) is 24.1 Å². The van der Waals surface area contributed by atoms with Crippen molar-refractivity contribution >= 4 is 17.5 Å². The Kier molecular flexibility index (Phi) is 5.99. The van der Waals surface area contributed by atoms with Crippen molar-refractivity contribution in [2.24, 2.45) is 0 Å². The number of amides is 1. The zero-order valence-corrected chi connectivity index (χ0v) is 17.5. The Morgan fingerprint density at radius 2 is 2.13 bits per heavy atom. The summed E-state index contributed by atoms with van der Waals surface area (Å²) < 4.78 is 7.22. The third-order valence-electron chi connectivity index (χ3n) is 5.23. The maximum atomic E-state index is 13.0. The van der Waals surface area contributed by atoms with Crippen molar-refractivity contribution in [2.45, 2.75) is 45.2 Å². The molecule has 4 rings (SSSR count). The molecule has 0 radical (unpaired) electrons. The summed E-state index contributed by atoms with van der Waals surface area (Å²) in [4.78, 5) is 31.2. The zero-order chi connectivity index (χ0) is 21.1. The maximum Gasteiger partial charge on any atom is 0.267 e. The van der Waals surface area contributed by atoms with Gasteiger partial charge in [0, 0.05) is 24.1 Å². The normalized spacial score (nSPS) is 16.6. The van der Waals surface area contributed by atoms with Gasteiger partial charge in [-0.2, -0.15) is 5.10 Å². The van der Waals surface area contributed by atoms with E-state index < -0.39 is 0 Å². The SMILES string of the molecule is Cc1ccc(=O)n(CC(=O)N2CCCCC2c2ncc(Cc3cccc(Cl)c3)o2)n1. The Hall–Kier alpha value is -2.93. The predicted molar refractivity (Wildman–Crippen MR) is 112 cm³/mol. The van der Waals surface area contributed by atoms with Crippen LogP contribution in [0.4, 0.5) is 0 Å². The van der Waals surface area contributed by atoms with Crippen LogP contribution in [-0.2, 0) is 17.8 Å². The number of aromatic nitrogens is 3. The number of hydrogen-bond donors (Lipinski definition) is 0. The van der Waals surface area contributed by atoms with Gasteiger partial charge in [-0.3, -0.25) is 9.59 Å². The molecule has 2 aromatic heterocycles. The highest BCUT2D eigenvalue weighted by molar-refractivity contribution is 6.30. The number of rotatable bonds is 5. The van der Waals surface area contributed by atoms with E-state index in [-0.39, 0.29) is 24.1 Å². The minimum atomic E-state index is -0.289. The first-order chi connectivity index (χ1) is 14.5. The third-order valence-corrected chi connectivity index (χ3v) is 5.47. The monoisotopic (exact) mass is 426 g/mol. The first-order valence-corrected chi connectivity index (χ1v) is 10.4. The highest BCUT2D eigenvalue weighted by Gasteiger charge is 2.31. The minimum Gasteiger partial charge on any atom is -0.443 e. The van der Waals surface area contributed by atoms with Crippen LogP contribution >= 0.6 is 11.6 Å². The van der Waals surface area contributed by atoms with Gasteiger partial charge in [-0.1, -0.05) is 23.7 Å². The second-order valence-electron chi connectivity index (χ2n) is 7.54. The van der Waals surface area contributed by atoms with Crippen molar-refractivity contribution in [2.75, 3.05) is 6.54 Å². The van der Waals surface area contributed by atoms with Crippen LogP contribution in [0.3, 0.4) is 0 Å². The van der Waals surface area contributed by atoms with Crippen molar-refractivity contribution in [3.8, 4) is 0 Å². The lowest BCUT2D eigenvalue weighted by molar-refractivity contribution is -0.136. The van der Waals surface area contributed by atoms with Gasteiger partial charge in [-0.05, 0) is 49.9 Å². The summed E-state index contributed by atoms with van der Waals surface area (Å²) in [6.07, 6.45) is 4.97. The molecule has 0 aliphatic carbocycles. The van der Waals surface area contributed by atoms with Crippen LogP contribution < -0.4 is 5.56 Å². The molecule has 1 aromatic carbocycles. The molecule has 8 heteroatoms. The van der Waals surface area contributed by atoms with Crippen molar-refractivity contribution < 1.29 is 9.21 Å². The van der Waals surface area contributed by atoms with Gasteiger partial charge in [0.1, 0.15) is 18.3 Å². The van der Waals surface area contributed by atoms with Crippen LogP contribution in [-0.4, -0.2) is 32.1 Å². The Morgan fingerprint density at radius 1 is 1.27 bits per heavy atom. The average molecular weight is 427 g/mol. The minimum absolute atomic E-state index is 0.0902. The molecule has 0 saturated carbocycles. The fourth-order valence-electron chi connectivity index (χ4n) is 3.78. The molecule has 3 aromatic rings. The molecule has 1 saturated heterocycles. The molecular weight excluding hydrogens is 404 g/mol. The molecule has 156 valence electrons. The van der Waals surface area contributed by atoms with E-state index in [9.17, 15) is 9.59 Å². The zero-order valence-electron chi connectivity index (χ0n) is 16.8. The first kappa shape index (κ1) is 20.3. The van der Waals surface area contributed by atoms with Crippen LogP contribution in [0.25, 0.3) is 0 Å². The number of hydrogen-bond acceptors (Lipinski definition) is 5. The van der Waals surface area contributed by atoms with Crippen molar-refractivity contribution in [1.82, 2.24) is 19.7 Å². The van der Waals surface area contributed by atoms with Crippen LogP contribution in [0.15, 0.2) is 51.8 Å². The van der Waals surface area contributed by atoms with E-state index in [0.29, 0.717) is 29.6 Å². The van der Waals surface area contributed by atoms with Gasteiger partial charge in [0.15, 0.2) is 0 Å². The number of likely N-dealkylation sites (tertiary alicyclic amines) is 1. The Labute approximate surface area is 179 Å². The molecular formula is C22H23ClN4O3. The summed E-state index contributed by atoms with van der Waals surface area (Å²) in [6, 6.07) is 10.4. The fourth-order valence-corrected chi connectivity index (χ4v) is 3.99. The molecule has 0 bridgehead atoms. The maximum absolute atomic E-state index is 13.0. The van der Waals surface area contributed by atoms with Gasteiger partial charge in [-0.15, -0.1) is 0 Å². The lowest BCUT2D eigenvalue weighted by Gasteiger charge is -2.33. The van der Waals surface area contributed by atoms with Gasteiger partial charge in [0.05, 0.1) is 11.9 Å². The molecule has 1 aliphatic heterocycles. The summed E-state index contributed by atoms with van der Waals surface area (Å²) in [7, 11) is 0. The first-order valence-electron chi connectivity index (χ1n) is 10.0. The van der Waals surface area contributed by atoms with Gasteiger partial charge >= 0.3 is 0 Å². The van der Waals surface area contributed by atoms with E-state index in [4.69, 9.17) is 16.0 Å². The lowest BCUT2D eigenvalue weighted by atomic mass is 10.0.